The first-order valence-electron chi connectivity index (χ1n) is 13.6. The van der Waals surface area contributed by atoms with E-state index in [2.05, 4.69) is 6.58 Å². The van der Waals surface area contributed by atoms with Crippen LogP contribution >= 0.6 is 0 Å². The fourth-order valence-electron chi connectivity index (χ4n) is 8.84. The van der Waals surface area contributed by atoms with Crippen LogP contribution in [0, 0.1) is 29.6 Å². The minimum Gasteiger partial charge on any atom is -0.453 e. The van der Waals surface area contributed by atoms with Crippen LogP contribution in [0.4, 0.5) is 26.3 Å². The number of hydrogen-bond donors (Lipinski definition) is 1. The van der Waals surface area contributed by atoms with E-state index in [1.807, 2.05) is 0 Å². The Labute approximate surface area is 218 Å². The van der Waals surface area contributed by atoms with Crippen molar-refractivity contribution in [2.75, 3.05) is 0 Å². The first kappa shape index (κ1) is 28.2. The highest BCUT2D eigenvalue weighted by molar-refractivity contribution is 5.87. The topological polar surface area (TPSA) is 65.0 Å². The van der Waals surface area contributed by atoms with E-state index in [1.165, 1.54) is 0 Å². The summed E-state index contributed by atoms with van der Waals surface area (Å²) in [6, 6.07) is 0. The average molecular weight is 555 g/mol. The van der Waals surface area contributed by atoms with E-state index >= 15 is 0 Å². The van der Waals surface area contributed by atoms with E-state index in [0.717, 1.165) is 12.8 Å². The van der Waals surface area contributed by atoms with Gasteiger partial charge in [0.25, 0.3) is 5.60 Å². The van der Waals surface area contributed by atoms with Gasteiger partial charge in [0.2, 0.25) is 0 Å². The summed E-state index contributed by atoms with van der Waals surface area (Å²) >= 11 is 0. The average Bonchev–Trinajstić information content (AvgIpc) is 3.48. The predicted octanol–water partition coefficient (Wildman–Crippen LogP) is 6.24. The van der Waals surface area contributed by atoms with Gasteiger partial charge in [-0.1, -0.05) is 19.4 Å². The summed E-state index contributed by atoms with van der Waals surface area (Å²) in [4.78, 5) is 12.4. The van der Waals surface area contributed by atoms with Crippen molar-refractivity contribution in [3.05, 3.63) is 12.2 Å². The number of fused-ring (bicyclic) bond motifs is 1. The Morgan fingerprint density at radius 2 is 1.42 bits per heavy atom. The van der Waals surface area contributed by atoms with E-state index < -0.39 is 71.7 Å². The van der Waals surface area contributed by atoms with Crippen molar-refractivity contribution in [3.63, 3.8) is 0 Å². The Morgan fingerprint density at radius 3 is 1.95 bits per heavy atom. The Hall–Kier alpha value is -1.33. The molecule has 0 heterocycles. The van der Waals surface area contributed by atoms with Gasteiger partial charge >= 0.3 is 18.3 Å². The van der Waals surface area contributed by atoms with Crippen LogP contribution in [0.15, 0.2) is 12.2 Å². The van der Waals surface area contributed by atoms with Crippen molar-refractivity contribution in [1.29, 1.82) is 0 Å². The number of aliphatic hydroxyl groups is 1. The van der Waals surface area contributed by atoms with Crippen molar-refractivity contribution in [3.8, 4) is 0 Å². The normalized spacial score (nSPS) is 41.3. The summed E-state index contributed by atoms with van der Waals surface area (Å²) in [5, 5.41) is 10.2. The molecular weight excluding hydrogens is 518 g/mol. The molecule has 0 aromatic heterocycles. The molecule has 38 heavy (non-hydrogen) atoms. The minimum atomic E-state index is -5.83. The molecule has 7 unspecified atom stereocenters. The highest BCUT2D eigenvalue weighted by atomic mass is 19.4. The standard InChI is InChI=1S/C27H36F6O5/c1-14(2)22(34)38-24-12-16-10-23(24,11-17(16)13-24)37-15(3)36-21-9-8-20(18-6-4-5-7-19(18)21)25(35,26(28,29)30)27(31,32)33/h15-21,35H,1,4-13H2,2-3H3. The molecule has 0 aromatic rings. The Balaban J connectivity index is 1.31. The highest BCUT2D eigenvalue weighted by Gasteiger charge is 2.76. The van der Waals surface area contributed by atoms with Crippen molar-refractivity contribution in [1.82, 2.24) is 0 Å². The van der Waals surface area contributed by atoms with Crippen LogP contribution < -0.4 is 0 Å². The maximum absolute atomic E-state index is 13.7. The molecular formula is C27H36F6O5. The number of carbonyl (C=O) groups is 1. The second kappa shape index (κ2) is 9.09. The summed E-state index contributed by atoms with van der Waals surface area (Å²) < 4.78 is 101. The van der Waals surface area contributed by atoms with Gasteiger partial charge in [-0.2, -0.15) is 26.3 Å². The SMILES string of the molecule is C=C(C)C(=O)OC12CC3CC1(OC(C)OC1CCC(C(O)(C(F)(F)F)C(F)(F)F)C4CCCCC14)CC3C2. The van der Waals surface area contributed by atoms with E-state index in [4.69, 9.17) is 14.2 Å². The zero-order valence-corrected chi connectivity index (χ0v) is 21.7. The minimum absolute atomic E-state index is 0.0396. The second-order valence-corrected chi connectivity index (χ2v) is 12.4. The number of ether oxygens (including phenoxy) is 3. The number of esters is 1. The fourth-order valence-corrected chi connectivity index (χ4v) is 8.84. The third-order valence-corrected chi connectivity index (χ3v) is 10.3. The molecule has 1 N–H and O–H groups in total. The number of rotatable bonds is 7. The van der Waals surface area contributed by atoms with Crippen molar-refractivity contribution >= 4 is 5.97 Å². The van der Waals surface area contributed by atoms with Crippen LogP contribution in [-0.4, -0.2) is 52.6 Å². The van der Waals surface area contributed by atoms with Gasteiger partial charge in [-0.3, -0.25) is 0 Å². The van der Waals surface area contributed by atoms with Crippen LogP contribution in [0.25, 0.3) is 0 Å². The molecule has 6 aliphatic carbocycles. The monoisotopic (exact) mass is 554 g/mol. The smallest absolute Gasteiger partial charge is 0.426 e. The fraction of sp³-hybridized carbons (Fsp3) is 0.889. The second-order valence-electron chi connectivity index (χ2n) is 12.4. The summed E-state index contributed by atoms with van der Waals surface area (Å²) in [5.41, 5.74) is -5.95. The van der Waals surface area contributed by atoms with E-state index in [9.17, 15) is 36.2 Å². The lowest BCUT2D eigenvalue weighted by atomic mass is 9.59. The van der Waals surface area contributed by atoms with E-state index in [0.29, 0.717) is 49.5 Å². The van der Waals surface area contributed by atoms with Crippen LogP contribution in [-0.2, 0) is 19.0 Å². The van der Waals surface area contributed by atoms with E-state index in [1.54, 1.807) is 13.8 Å². The van der Waals surface area contributed by atoms with Crippen LogP contribution in [0.2, 0.25) is 0 Å². The molecule has 6 saturated carbocycles. The molecule has 0 saturated heterocycles. The highest BCUT2D eigenvalue weighted by Crippen LogP contribution is 2.70. The molecule has 0 aliphatic heterocycles. The summed E-state index contributed by atoms with van der Waals surface area (Å²) in [7, 11) is 0. The lowest BCUT2D eigenvalue weighted by Gasteiger charge is -2.52. The third-order valence-electron chi connectivity index (χ3n) is 10.3. The van der Waals surface area contributed by atoms with Gasteiger partial charge in [-0.25, -0.2) is 4.79 Å². The van der Waals surface area contributed by atoms with Gasteiger partial charge in [0.15, 0.2) is 6.29 Å². The summed E-state index contributed by atoms with van der Waals surface area (Å²) in [6.45, 7) is 6.94. The van der Waals surface area contributed by atoms with Gasteiger partial charge in [-0.05, 0) is 88.9 Å². The zero-order valence-electron chi connectivity index (χ0n) is 21.7. The summed E-state index contributed by atoms with van der Waals surface area (Å²) in [6.07, 6.45) is -8.92. The van der Waals surface area contributed by atoms with E-state index in [-0.39, 0.29) is 12.8 Å². The van der Waals surface area contributed by atoms with Gasteiger partial charge in [0.05, 0.1) is 6.10 Å². The molecule has 216 valence electrons. The lowest BCUT2D eigenvalue weighted by Crippen LogP contribution is -2.65. The number of alkyl halides is 6. The molecule has 6 rings (SSSR count). The number of carbonyl (C=O) groups excluding carboxylic acids is 1. The van der Waals surface area contributed by atoms with Crippen molar-refractivity contribution in [2.45, 2.75) is 120 Å². The van der Waals surface area contributed by atoms with Gasteiger partial charge in [0.1, 0.15) is 11.2 Å². The Kier molecular flexibility index (Phi) is 6.75. The molecule has 7 atom stereocenters. The van der Waals surface area contributed by atoms with Gasteiger partial charge in [-0.15, -0.1) is 0 Å². The lowest BCUT2D eigenvalue weighted by molar-refractivity contribution is -0.395. The number of hydrogen-bond acceptors (Lipinski definition) is 5. The van der Waals surface area contributed by atoms with Crippen molar-refractivity contribution in [2.24, 2.45) is 29.6 Å². The maximum Gasteiger partial charge on any atom is 0.426 e. The van der Waals surface area contributed by atoms with Crippen LogP contribution in [0.3, 0.4) is 0 Å². The Morgan fingerprint density at radius 1 is 0.895 bits per heavy atom. The molecule has 0 aromatic carbocycles. The molecule has 6 fully saturated rings. The molecule has 5 nitrogen and oxygen atoms in total. The molecule has 0 radical (unpaired) electrons. The summed E-state index contributed by atoms with van der Waals surface area (Å²) in [5.74, 6) is -3.23. The molecule has 0 spiro atoms. The first-order chi connectivity index (χ1) is 17.5. The molecule has 11 heteroatoms. The molecule has 6 aliphatic rings. The first-order valence-corrected chi connectivity index (χ1v) is 13.6. The molecule has 4 bridgehead atoms. The predicted molar refractivity (Wildman–Crippen MR) is 122 cm³/mol. The van der Waals surface area contributed by atoms with Gasteiger partial charge < -0.3 is 19.3 Å². The molecule has 0 amide bonds. The third kappa shape index (κ3) is 4.12. The van der Waals surface area contributed by atoms with Crippen molar-refractivity contribution < 1.29 is 50.5 Å². The largest absolute Gasteiger partial charge is 0.453 e. The maximum atomic E-state index is 13.7. The van der Waals surface area contributed by atoms with Crippen LogP contribution in [0.1, 0.15) is 78.1 Å². The zero-order chi connectivity index (χ0) is 27.9. The van der Waals surface area contributed by atoms with Gasteiger partial charge in [0, 0.05) is 11.5 Å². The number of halogens is 6. The Bertz CT molecular complexity index is 933. The van der Waals surface area contributed by atoms with Crippen LogP contribution in [0.5, 0.6) is 0 Å². The quantitative estimate of drug-likeness (QED) is 0.175.